The van der Waals surface area contributed by atoms with Crippen molar-refractivity contribution >= 4 is 18.1 Å². The fraction of sp³-hybridized carbons (Fsp3) is 0.276. The minimum Gasteiger partial charge on any atom is -0.494 e. The van der Waals surface area contributed by atoms with Gasteiger partial charge in [0.05, 0.1) is 32.1 Å². The number of amides is 1. The fourth-order valence-electron chi connectivity index (χ4n) is 3.19. The first-order valence-electron chi connectivity index (χ1n) is 12.3. The topological polar surface area (TPSA) is 105 Å². The summed E-state index contributed by atoms with van der Waals surface area (Å²) in [6.45, 7) is 5.00. The Labute approximate surface area is 222 Å². The third-order valence-electron chi connectivity index (χ3n) is 5.15. The molecule has 0 saturated carbocycles. The van der Waals surface area contributed by atoms with Crippen LogP contribution in [-0.4, -0.2) is 45.0 Å². The van der Waals surface area contributed by atoms with Crippen molar-refractivity contribution in [2.75, 3.05) is 26.9 Å². The maximum atomic E-state index is 12.5. The molecule has 1 N–H and O–H groups in total. The van der Waals surface area contributed by atoms with Crippen molar-refractivity contribution in [1.82, 2.24) is 5.43 Å². The average Bonchev–Trinajstić information content (AvgIpc) is 2.94. The molecule has 0 saturated heterocycles. The number of rotatable bonds is 14. The highest BCUT2D eigenvalue weighted by atomic mass is 16.6. The second-order valence-electron chi connectivity index (χ2n) is 8.01. The van der Waals surface area contributed by atoms with Crippen molar-refractivity contribution in [3.05, 3.63) is 77.9 Å². The molecule has 38 heavy (non-hydrogen) atoms. The summed E-state index contributed by atoms with van der Waals surface area (Å²) in [6, 6.07) is 18.7. The highest BCUT2D eigenvalue weighted by Gasteiger charge is 2.13. The van der Waals surface area contributed by atoms with Crippen LogP contribution in [0.1, 0.15) is 42.6 Å². The largest absolute Gasteiger partial charge is 0.494 e. The number of ether oxygens (including phenoxy) is 5. The zero-order valence-electron chi connectivity index (χ0n) is 21.8. The number of esters is 1. The number of hydrazone groups is 1. The van der Waals surface area contributed by atoms with Gasteiger partial charge < -0.3 is 23.7 Å². The van der Waals surface area contributed by atoms with E-state index in [-0.39, 0.29) is 12.4 Å². The van der Waals surface area contributed by atoms with E-state index in [1.165, 1.54) is 13.3 Å². The minimum absolute atomic E-state index is 0.197. The van der Waals surface area contributed by atoms with Gasteiger partial charge in [-0.2, -0.15) is 5.10 Å². The van der Waals surface area contributed by atoms with Crippen LogP contribution in [0.2, 0.25) is 0 Å². The smallest absolute Gasteiger partial charge is 0.343 e. The number of hydrogen-bond donors (Lipinski definition) is 1. The van der Waals surface area contributed by atoms with Gasteiger partial charge in [0.15, 0.2) is 18.1 Å². The molecule has 0 heterocycles. The molecule has 0 atom stereocenters. The Morgan fingerprint density at radius 3 is 2.16 bits per heavy atom. The van der Waals surface area contributed by atoms with E-state index in [2.05, 4.69) is 17.5 Å². The van der Waals surface area contributed by atoms with E-state index in [0.29, 0.717) is 41.6 Å². The van der Waals surface area contributed by atoms with Gasteiger partial charge in [-0.15, -0.1) is 0 Å². The van der Waals surface area contributed by atoms with Crippen molar-refractivity contribution < 1.29 is 33.3 Å². The highest BCUT2D eigenvalue weighted by molar-refractivity contribution is 5.92. The maximum Gasteiger partial charge on any atom is 0.343 e. The first kappa shape index (κ1) is 28.0. The predicted molar refractivity (Wildman–Crippen MR) is 144 cm³/mol. The lowest BCUT2D eigenvalue weighted by Crippen LogP contribution is -2.24. The zero-order chi connectivity index (χ0) is 27.2. The lowest BCUT2D eigenvalue weighted by Gasteiger charge is -2.10. The summed E-state index contributed by atoms with van der Waals surface area (Å²) in [4.78, 5) is 24.6. The summed E-state index contributed by atoms with van der Waals surface area (Å²) < 4.78 is 27.3. The third-order valence-corrected chi connectivity index (χ3v) is 5.15. The molecule has 0 bridgehead atoms. The molecule has 3 aromatic carbocycles. The molecule has 1 amide bonds. The molecule has 0 aliphatic carbocycles. The van der Waals surface area contributed by atoms with Crippen LogP contribution < -0.4 is 29.1 Å². The standard InChI is InChI=1S/C29H32N2O7/c1-4-6-17-36-24-12-14-25(15-13-24)37-20-28(32)31-30-19-21-7-16-26(27(18-21)34-3)38-29(33)22-8-10-23(11-9-22)35-5-2/h7-16,18-19H,4-6,17,20H2,1-3H3,(H,31,32)/b30-19-. The summed E-state index contributed by atoms with van der Waals surface area (Å²) in [5.41, 5.74) is 3.42. The van der Waals surface area contributed by atoms with Gasteiger partial charge in [-0.3, -0.25) is 4.79 Å². The summed E-state index contributed by atoms with van der Waals surface area (Å²) in [5, 5.41) is 3.95. The van der Waals surface area contributed by atoms with Crippen LogP contribution in [-0.2, 0) is 4.79 Å². The van der Waals surface area contributed by atoms with E-state index in [4.69, 9.17) is 23.7 Å². The molecule has 9 nitrogen and oxygen atoms in total. The van der Waals surface area contributed by atoms with Crippen molar-refractivity contribution in [3.63, 3.8) is 0 Å². The molecule has 0 unspecified atom stereocenters. The van der Waals surface area contributed by atoms with Crippen LogP contribution in [0.15, 0.2) is 71.8 Å². The number of carbonyl (C=O) groups excluding carboxylic acids is 2. The Bertz CT molecular complexity index is 1210. The average molecular weight is 521 g/mol. The second-order valence-corrected chi connectivity index (χ2v) is 8.01. The normalized spacial score (nSPS) is 10.6. The number of methoxy groups -OCH3 is 1. The molecule has 200 valence electrons. The number of hydrogen-bond acceptors (Lipinski definition) is 8. The summed E-state index contributed by atoms with van der Waals surface area (Å²) >= 11 is 0. The molecule has 0 fully saturated rings. The summed E-state index contributed by atoms with van der Waals surface area (Å²) in [7, 11) is 1.47. The van der Waals surface area contributed by atoms with Crippen LogP contribution >= 0.6 is 0 Å². The maximum absolute atomic E-state index is 12.5. The first-order chi connectivity index (χ1) is 18.5. The molecular weight excluding hydrogens is 488 g/mol. The number of nitrogens with one attached hydrogen (secondary N) is 1. The fourth-order valence-corrected chi connectivity index (χ4v) is 3.19. The van der Waals surface area contributed by atoms with Gasteiger partial charge in [0.25, 0.3) is 5.91 Å². The van der Waals surface area contributed by atoms with Crippen LogP contribution in [0, 0.1) is 0 Å². The Kier molecular flexibility index (Phi) is 11.0. The van der Waals surface area contributed by atoms with Gasteiger partial charge in [-0.1, -0.05) is 13.3 Å². The molecule has 0 aliphatic rings. The van der Waals surface area contributed by atoms with Crippen molar-refractivity contribution in [3.8, 4) is 28.7 Å². The van der Waals surface area contributed by atoms with E-state index in [1.54, 1.807) is 66.7 Å². The number of benzene rings is 3. The van der Waals surface area contributed by atoms with Crippen LogP contribution in [0.5, 0.6) is 28.7 Å². The molecule has 3 aromatic rings. The van der Waals surface area contributed by atoms with Gasteiger partial charge >= 0.3 is 5.97 Å². The highest BCUT2D eigenvalue weighted by Crippen LogP contribution is 2.28. The molecule has 0 aliphatic heterocycles. The predicted octanol–water partition coefficient (Wildman–Crippen LogP) is 5.02. The minimum atomic E-state index is -0.529. The van der Waals surface area contributed by atoms with Gasteiger partial charge in [0, 0.05) is 0 Å². The van der Waals surface area contributed by atoms with Gasteiger partial charge in [0.1, 0.15) is 17.2 Å². The first-order valence-corrected chi connectivity index (χ1v) is 12.3. The van der Waals surface area contributed by atoms with Crippen molar-refractivity contribution in [2.45, 2.75) is 26.7 Å². The van der Waals surface area contributed by atoms with E-state index in [9.17, 15) is 9.59 Å². The van der Waals surface area contributed by atoms with E-state index < -0.39 is 11.9 Å². The summed E-state index contributed by atoms with van der Waals surface area (Å²) in [5.74, 6) is 1.62. The SMILES string of the molecule is CCCCOc1ccc(OCC(=O)N/N=C\c2ccc(OC(=O)c3ccc(OCC)cc3)c(OC)c2)cc1. The quantitative estimate of drug-likeness (QED) is 0.105. The van der Waals surface area contributed by atoms with Crippen molar-refractivity contribution in [2.24, 2.45) is 5.10 Å². The molecule has 0 radical (unpaired) electrons. The molecule has 0 spiro atoms. The van der Waals surface area contributed by atoms with E-state index >= 15 is 0 Å². The molecule has 9 heteroatoms. The van der Waals surface area contributed by atoms with E-state index in [1.807, 2.05) is 6.92 Å². The van der Waals surface area contributed by atoms with Gasteiger partial charge in [-0.25, -0.2) is 10.2 Å². The van der Waals surface area contributed by atoms with Gasteiger partial charge in [-0.05, 0) is 85.6 Å². The second kappa shape index (κ2) is 14.9. The van der Waals surface area contributed by atoms with Crippen molar-refractivity contribution in [1.29, 1.82) is 0 Å². The lowest BCUT2D eigenvalue weighted by molar-refractivity contribution is -0.123. The monoisotopic (exact) mass is 520 g/mol. The third kappa shape index (κ3) is 8.85. The van der Waals surface area contributed by atoms with Gasteiger partial charge in [0.2, 0.25) is 0 Å². The molecule has 3 rings (SSSR count). The number of carbonyl (C=O) groups is 2. The molecular formula is C29H32N2O7. The van der Waals surface area contributed by atoms with E-state index in [0.717, 1.165) is 18.6 Å². The zero-order valence-corrected chi connectivity index (χ0v) is 21.8. The molecule has 0 aromatic heterocycles. The Balaban J connectivity index is 1.48. The Morgan fingerprint density at radius 1 is 0.842 bits per heavy atom. The number of unbranched alkanes of at least 4 members (excludes halogenated alkanes) is 1. The lowest BCUT2D eigenvalue weighted by atomic mass is 10.2. The van der Waals surface area contributed by atoms with Crippen LogP contribution in [0.4, 0.5) is 0 Å². The Hall–Kier alpha value is -4.53. The Morgan fingerprint density at radius 2 is 1.50 bits per heavy atom. The van der Waals surface area contributed by atoms with Crippen LogP contribution in [0.3, 0.4) is 0 Å². The summed E-state index contributed by atoms with van der Waals surface area (Å²) in [6.07, 6.45) is 3.51. The number of nitrogens with zero attached hydrogens (tertiary/aromatic N) is 1. The van der Waals surface area contributed by atoms with Crippen LogP contribution in [0.25, 0.3) is 0 Å².